The Kier molecular flexibility index (Phi) is 4.78. The van der Waals surface area contributed by atoms with Crippen LogP contribution in [0, 0.1) is 23.7 Å². The van der Waals surface area contributed by atoms with Crippen molar-refractivity contribution in [3.63, 3.8) is 0 Å². The van der Waals surface area contributed by atoms with E-state index in [4.69, 9.17) is 0 Å². The quantitative estimate of drug-likeness (QED) is 0.774. The molecule has 0 aromatic heterocycles. The largest absolute Gasteiger partial charge is 0.319 e. The Labute approximate surface area is 93.8 Å². The van der Waals surface area contributed by atoms with Crippen LogP contribution >= 0.6 is 0 Å². The number of hydrogen-bond acceptors (Lipinski definition) is 2. The summed E-state index contributed by atoms with van der Waals surface area (Å²) >= 11 is 0. The van der Waals surface area contributed by atoms with E-state index in [2.05, 4.69) is 19.2 Å². The average molecular weight is 211 g/mol. The first-order valence-corrected chi connectivity index (χ1v) is 6.22. The molecule has 88 valence electrons. The van der Waals surface area contributed by atoms with E-state index in [0.717, 1.165) is 31.2 Å². The van der Waals surface area contributed by atoms with Crippen LogP contribution in [0.2, 0.25) is 0 Å². The van der Waals surface area contributed by atoms with Crippen molar-refractivity contribution in [2.75, 3.05) is 13.6 Å². The minimum Gasteiger partial charge on any atom is -0.319 e. The van der Waals surface area contributed by atoms with E-state index < -0.39 is 0 Å². The van der Waals surface area contributed by atoms with E-state index >= 15 is 0 Å². The van der Waals surface area contributed by atoms with Crippen LogP contribution in [0.15, 0.2) is 0 Å². The maximum absolute atomic E-state index is 12.1. The number of ketones is 1. The molecule has 1 rings (SSSR count). The lowest BCUT2D eigenvalue weighted by atomic mass is 9.73. The molecular formula is C13H25NO. The standard InChI is InChI=1S/C13H25NO/c1-9-5-10(2)7-12(6-9)13(15)11(3)8-14-4/h9-12,14H,5-8H2,1-4H3. The van der Waals surface area contributed by atoms with Crippen molar-refractivity contribution in [2.45, 2.75) is 40.0 Å². The molecule has 0 aromatic carbocycles. The summed E-state index contributed by atoms with van der Waals surface area (Å²) in [5, 5.41) is 3.09. The van der Waals surface area contributed by atoms with Crippen LogP contribution in [0.25, 0.3) is 0 Å². The van der Waals surface area contributed by atoms with Gasteiger partial charge in [0.1, 0.15) is 5.78 Å². The first-order valence-electron chi connectivity index (χ1n) is 6.22. The first-order chi connectivity index (χ1) is 7.04. The summed E-state index contributed by atoms with van der Waals surface area (Å²) in [6.07, 6.45) is 3.51. The van der Waals surface area contributed by atoms with Crippen molar-refractivity contribution in [1.29, 1.82) is 0 Å². The van der Waals surface area contributed by atoms with Crippen LogP contribution in [0.3, 0.4) is 0 Å². The minimum absolute atomic E-state index is 0.178. The fourth-order valence-electron chi connectivity index (χ4n) is 2.99. The van der Waals surface area contributed by atoms with Crippen LogP contribution in [0.1, 0.15) is 40.0 Å². The van der Waals surface area contributed by atoms with E-state index in [1.807, 2.05) is 14.0 Å². The Morgan fingerprint density at radius 1 is 1.27 bits per heavy atom. The van der Waals surface area contributed by atoms with Gasteiger partial charge >= 0.3 is 0 Å². The lowest BCUT2D eigenvalue weighted by molar-refractivity contribution is -0.128. The van der Waals surface area contributed by atoms with Gasteiger partial charge in [0.2, 0.25) is 0 Å². The van der Waals surface area contributed by atoms with Gasteiger partial charge in [0.25, 0.3) is 0 Å². The molecule has 2 heteroatoms. The van der Waals surface area contributed by atoms with Gasteiger partial charge < -0.3 is 5.32 Å². The first kappa shape index (κ1) is 12.7. The normalized spacial score (nSPS) is 33.7. The third-order valence-corrected chi connectivity index (χ3v) is 3.58. The molecular weight excluding hydrogens is 186 g/mol. The highest BCUT2D eigenvalue weighted by molar-refractivity contribution is 5.83. The molecule has 0 radical (unpaired) electrons. The van der Waals surface area contributed by atoms with Crippen molar-refractivity contribution in [3.8, 4) is 0 Å². The molecule has 0 saturated heterocycles. The van der Waals surface area contributed by atoms with Crippen molar-refractivity contribution in [2.24, 2.45) is 23.7 Å². The summed E-state index contributed by atoms with van der Waals surface area (Å²) in [5.41, 5.74) is 0. The van der Waals surface area contributed by atoms with E-state index in [1.54, 1.807) is 0 Å². The van der Waals surface area contributed by atoms with E-state index in [9.17, 15) is 4.79 Å². The van der Waals surface area contributed by atoms with Gasteiger partial charge in [-0.25, -0.2) is 0 Å². The minimum atomic E-state index is 0.178. The van der Waals surface area contributed by atoms with Crippen molar-refractivity contribution < 1.29 is 4.79 Å². The molecule has 1 aliphatic carbocycles. The lowest BCUT2D eigenvalue weighted by Gasteiger charge is -2.31. The summed E-state index contributed by atoms with van der Waals surface area (Å²) in [7, 11) is 1.91. The molecule has 2 nitrogen and oxygen atoms in total. The molecule has 3 atom stereocenters. The SMILES string of the molecule is CNCC(C)C(=O)C1CC(C)CC(C)C1. The van der Waals surface area contributed by atoms with Crippen molar-refractivity contribution in [3.05, 3.63) is 0 Å². The van der Waals surface area contributed by atoms with Crippen LogP contribution in [0.4, 0.5) is 0 Å². The third kappa shape index (κ3) is 3.60. The molecule has 1 saturated carbocycles. The van der Waals surface area contributed by atoms with Crippen LogP contribution in [-0.4, -0.2) is 19.4 Å². The summed E-state index contributed by atoms with van der Waals surface area (Å²) < 4.78 is 0. The van der Waals surface area contributed by atoms with E-state index in [1.165, 1.54) is 6.42 Å². The number of hydrogen-bond donors (Lipinski definition) is 1. The molecule has 0 aromatic rings. The highest BCUT2D eigenvalue weighted by Crippen LogP contribution is 2.34. The van der Waals surface area contributed by atoms with Gasteiger partial charge in [-0.2, -0.15) is 0 Å². The molecule has 3 unspecified atom stereocenters. The predicted octanol–water partition coefficient (Wildman–Crippen LogP) is 2.48. The van der Waals surface area contributed by atoms with E-state index in [0.29, 0.717) is 11.7 Å². The Balaban J connectivity index is 2.51. The second-order valence-electron chi connectivity index (χ2n) is 5.48. The Hall–Kier alpha value is -0.370. The zero-order valence-electron chi connectivity index (χ0n) is 10.5. The molecule has 15 heavy (non-hydrogen) atoms. The number of Topliss-reactive ketones (excluding diaryl/α,β-unsaturated/α-hetero) is 1. The smallest absolute Gasteiger partial charge is 0.140 e. The maximum Gasteiger partial charge on any atom is 0.140 e. The zero-order valence-corrected chi connectivity index (χ0v) is 10.5. The molecule has 0 heterocycles. The molecule has 0 aliphatic heterocycles. The van der Waals surface area contributed by atoms with Gasteiger partial charge in [0, 0.05) is 18.4 Å². The van der Waals surface area contributed by atoms with Crippen LogP contribution in [-0.2, 0) is 4.79 Å². The van der Waals surface area contributed by atoms with Gasteiger partial charge in [0.05, 0.1) is 0 Å². The number of rotatable bonds is 4. The van der Waals surface area contributed by atoms with E-state index in [-0.39, 0.29) is 5.92 Å². The molecule has 0 bridgehead atoms. The monoisotopic (exact) mass is 211 g/mol. The predicted molar refractivity (Wildman–Crippen MR) is 63.8 cm³/mol. The van der Waals surface area contributed by atoms with Crippen LogP contribution in [0.5, 0.6) is 0 Å². The average Bonchev–Trinajstić information content (AvgIpc) is 2.15. The summed E-state index contributed by atoms with van der Waals surface area (Å²) in [4.78, 5) is 12.1. The molecule has 0 spiro atoms. The summed E-state index contributed by atoms with van der Waals surface area (Å²) in [6, 6.07) is 0. The molecule has 1 N–H and O–H groups in total. The second-order valence-corrected chi connectivity index (χ2v) is 5.48. The fraction of sp³-hybridized carbons (Fsp3) is 0.923. The van der Waals surface area contributed by atoms with Crippen molar-refractivity contribution >= 4 is 5.78 Å². The van der Waals surface area contributed by atoms with Gasteiger partial charge in [-0.1, -0.05) is 20.8 Å². The number of carbonyl (C=O) groups excluding carboxylic acids is 1. The zero-order chi connectivity index (χ0) is 11.4. The molecule has 0 amide bonds. The highest BCUT2D eigenvalue weighted by atomic mass is 16.1. The Bertz CT molecular complexity index is 205. The van der Waals surface area contributed by atoms with Gasteiger partial charge in [0.15, 0.2) is 0 Å². The second kappa shape index (κ2) is 5.64. The van der Waals surface area contributed by atoms with Gasteiger partial charge in [-0.05, 0) is 38.1 Å². The molecule has 1 aliphatic rings. The maximum atomic E-state index is 12.1. The number of carbonyl (C=O) groups is 1. The summed E-state index contributed by atoms with van der Waals surface area (Å²) in [5.74, 6) is 2.43. The lowest BCUT2D eigenvalue weighted by Crippen LogP contribution is -2.33. The van der Waals surface area contributed by atoms with Crippen LogP contribution < -0.4 is 5.32 Å². The third-order valence-electron chi connectivity index (χ3n) is 3.58. The summed E-state index contributed by atoms with van der Waals surface area (Å²) in [6.45, 7) is 7.41. The fourth-order valence-corrected chi connectivity index (χ4v) is 2.99. The molecule has 1 fully saturated rings. The van der Waals surface area contributed by atoms with Gasteiger partial charge in [-0.3, -0.25) is 4.79 Å². The van der Waals surface area contributed by atoms with Crippen molar-refractivity contribution in [1.82, 2.24) is 5.32 Å². The highest BCUT2D eigenvalue weighted by Gasteiger charge is 2.30. The number of nitrogens with one attached hydrogen (secondary N) is 1. The Morgan fingerprint density at radius 2 is 1.80 bits per heavy atom. The Morgan fingerprint density at radius 3 is 2.27 bits per heavy atom. The van der Waals surface area contributed by atoms with Gasteiger partial charge in [-0.15, -0.1) is 0 Å². The topological polar surface area (TPSA) is 29.1 Å².